The van der Waals surface area contributed by atoms with Gasteiger partial charge in [-0.15, -0.1) is 0 Å². The molecule has 2 atom stereocenters. The van der Waals surface area contributed by atoms with Crippen molar-refractivity contribution in [3.05, 3.63) is 23.8 Å². The topological polar surface area (TPSA) is 140 Å². The van der Waals surface area contributed by atoms with E-state index >= 15 is 0 Å². The molecular weight excluding hydrogens is 1040 g/mol. The van der Waals surface area contributed by atoms with Crippen LogP contribution in [0.5, 0.6) is 0 Å². The minimum atomic E-state index is -1.04. The van der Waals surface area contributed by atoms with E-state index < -0.39 is 24.0 Å². The minimum absolute atomic E-state index is 0. The van der Waals surface area contributed by atoms with E-state index in [1.54, 1.807) is 29.7 Å². The van der Waals surface area contributed by atoms with Gasteiger partial charge in [-0.25, -0.2) is 19.7 Å². The van der Waals surface area contributed by atoms with Crippen molar-refractivity contribution in [1.82, 2.24) is 15.0 Å². The summed E-state index contributed by atoms with van der Waals surface area (Å²) in [5, 5.41) is 22.2. The van der Waals surface area contributed by atoms with E-state index in [2.05, 4.69) is 121 Å². The number of imidazole rings is 2. The molecule has 0 saturated carbocycles. The van der Waals surface area contributed by atoms with Crippen molar-refractivity contribution in [2.75, 3.05) is 35.2 Å². The Bertz CT molecular complexity index is 1090. The first kappa shape index (κ1) is 55.7. The van der Waals surface area contributed by atoms with Crippen LogP contribution in [0.4, 0.5) is 0 Å². The Labute approximate surface area is 330 Å². The van der Waals surface area contributed by atoms with E-state index in [0.717, 1.165) is 26.6 Å². The molecule has 0 bridgehead atoms. The second kappa shape index (κ2) is 25.3. The quantitative estimate of drug-likeness (QED) is 0.129. The monoisotopic (exact) mass is 1090 g/mol. The second-order valence-corrected chi connectivity index (χ2v) is 51.5. The summed E-state index contributed by atoms with van der Waals surface area (Å²) in [6, 6.07) is -1.02. The van der Waals surface area contributed by atoms with Gasteiger partial charge in [0.15, 0.2) is 11.2 Å². The summed E-state index contributed by atoms with van der Waals surface area (Å²) in [7, 11) is 9.26. The van der Waals surface area contributed by atoms with Crippen LogP contribution in [0.25, 0.3) is 0 Å². The van der Waals surface area contributed by atoms with Crippen LogP contribution in [0.2, 0.25) is 0 Å². The summed E-state index contributed by atoms with van der Waals surface area (Å²) in [5.74, 6) is -1.80. The van der Waals surface area contributed by atoms with Gasteiger partial charge < -0.3 is 54.2 Å². The molecule has 2 aromatic rings. The average Bonchev–Trinajstić information content (AvgIpc) is 3.35. The van der Waals surface area contributed by atoms with Crippen LogP contribution < -0.4 is 39.8 Å². The second-order valence-electron chi connectivity index (χ2n) is 12.4. The van der Waals surface area contributed by atoms with Gasteiger partial charge in [0.25, 0.3) is 0 Å². The van der Waals surface area contributed by atoms with Crippen LogP contribution in [0.1, 0.15) is 67.8 Å². The first-order valence-electron chi connectivity index (χ1n) is 12.7. The SMILES string of the molecule is C.C.CC(C)(C)Sc1ncc(C[C@@H](C(=O)[O-])[N+](C)(C)C)[nH]1.C[NH+](C)[C@@H](Cc1c[nH+]c(SC(C)(C)C)[nH]1)C(=O)O.[Cl-].[Cl-].[I][V]([I])[I]. The van der Waals surface area contributed by atoms with Crippen LogP contribution in [-0.4, -0.2) is 93.3 Å². The van der Waals surface area contributed by atoms with E-state index in [1.807, 2.05) is 41.4 Å². The predicted octanol–water partition coefficient (Wildman–Crippen LogP) is -1.54. The number of nitrogens with zero attached hydrogens (tertiary/aromatic N) is 2. The molecule has 18 heteroatoms. The molecule has 0 aromatic carbocycles. The van der Waals surface area contributed by atoms with Gasteiger partial charge in [-0.05, 0) is 11.8 Å². The number of H-pyrrole nitrogens is 3. The summed E-state index contributed by atoms with van der Waals surface area (Å²) >= 11 is 10.7. The number of thioether (sulfide) groups is 2. The molecule has 10 nitrogen and oxygen atoms in total. The zero-order valence-electron chi connectivity index (χ0n) is 26.4. The average molecular weight is 1090 g/mol. The van der Waals surface area contributed by atoms with Crippen molar-refractivity contribution in [2.45, 2.75) is 101 Å². The van der Waals surface area contributed by atoms with E-state index in [9.17, 15) is 14.7 Å². The fourth-order valence-corrected chi connectivity index (χ4v) is 5.05. The Morgan fingerprint density at radius 1 is 1.00 bits per heavy atom. The van der Waals surface area contributed by atoms with Crippen LogP contribution >= 0.6 is 83.5 Å². The normalized spacial score (nSPS) is 12.4. The Morgan fingerprint density at radius 3 is 1.82 bits per heavy atom. The Morgan fingerprint density at radius 2 is 1.47 bits per heavy atom. The van der Waals surface area contributed by atoms with Gasteiger partial charge in [0, 0.05) is 27.8 Å². The summed E-state index contributed by atoms with van der Waals surface area (Å²) in [6.45, 7) is 12.7. The van der Waals surface area contributed by atoms with E-state index in [-0.39, 0.29) is 54.1 Å². The number of aromatic amines is 3. The van der Waals surface area contributed by atoms with E-state index in [4.69, 9.17) is 5.11 Å². The van der Waals surface area contributed by atoms with E-state index in [1.165, 1.54) is 0 Å². The third-order valence-corrected chi connectivity index (χ3v) is 7.16. The van der Waals surface area contributed by atoms with Gasteiger partial charge in [0.05, 0.1) is 47.6 Å². The van der Waals surface area contributed by atoms with Crippen molar-refractivity contribution >= 4 is 95.4 Å². The number of hydrogen-bond donors (Lipinski definition) is 4. The number of halogens is 5. The number of carboxylic acids is 2. The molecule has 0 saturated heterocycles. The van der Waals surface area contributed by atoms with Gasteiger partial charge in [-0.1, -0.05) is 68.2 Å². The molecule has 268 valence electrons. The molecule has 45 heavy (non-hydrogen) atoms. The Kier molecular flexibility index (Phi) is 31.3. The maximum absolute atomic E-state index is 11.2. The van der Waals surface area contributed by atoms with Gasteiger partial charge in [0.1, 0.15) is 17.9 Å². The van der Waals surface area contributed by atoms with Crippen LogP contribution in [-0.2, 0) is 27.4 Å². The maximum atomic E-state index is 11.2. The fourth-order valence-electron chi connectivity index (χ4n) is 3.27. The Balaban J connectivity index is -0.000000196. The zero-order chi connectivity index (χ0) is 32.3. The number of likely N-dealkylation sites (N-methyl/N-ethyl adjacent to an activating group) is 2. The predicted molar refractivity (Wildman–Crippen MR) is 201 cm³/mol. The third-order valence-electron chi connectivity index (χ3n) is 5.11. The summed E-state index contributed by atoms with van der Waals surface area (Å²) in [6.07, 6.45) is 4.45. The molecule has 2 heterocycles. The number of aromatic nitrogens is 4. The first-order chi connectivity index (χ1) is 18.4. The molecule has 0 aliphatic heterocycles. The number of hydrogen-bond acceptors (Lipinski definition) is 6. The van der Waals surface area contributed by atoms with Crippen LogP contribution in [0, 0.1) is 0 Å². The van der Waals surface area contributed by atoms with Gasteiger partial charge in [-0.2, -0.15) is 0 Å². The molecule has 0 aliphatic rings. The number of nitrogens with one attached hydrogen (secondary N) is 4. The molecule has 0 amide bonds. The number of quaternary nitrogens is 2. The van der Waals surface area contributed by atoms with Gasteiger partial charge >= 0.3 is 76.0 Å². The molecule has 2 rings (SSSR count). The number of carbonyl (C=O) groups excluding carboxylic acids is 1. The molecule has 2 aromatic heterocycles. The first-order valence-corrected chi connectivity index (χ1v) is 27.9. The Hall–Kier alpha value is 1.33. The van der Waals surface area contributed by atoms with Crippen molar-refractivity contribution in [3.63, 3.8) is 0 Å². The van der Waals surface area contributed by atoms with Crippen molar-refractivity contribution in [2.24, 2.45) is 0 Å². The number of aliphatic carboxylic acids is 2. The van der Waals surface area contributed by atoms with Gasteiger partial charge in [0.2, 0.25) is 0 Å². The van der Waals surface area contributed by atoms with Crippen LogP contribution in [0.15, 0.2) is 22.7 Å². The van der Waals surface area contributed by atoms with Crippen LogP contribution in [0.3, 0.4) is 0 Å². The summed E-state index contributed by atoms with van der Waals surface area (Å²) in [5.41, 5.74) is 1.75. The molecule has 0 fully saturated rings. The zero-order valence-corrected chi connectivity index (χ0v) is 37.5. The third kappa shape index (κ3) is 27.8. The molecular formula is C27H54Cl2I3N6O4S2V. The van der Waals surface area contributed by atoms with Crippen molar-refractivity contribution in [3.8, 4) is 0 Å². The number of carboxylic acid groups (broad SMARTS) is 2. The number of rotatable bonds is 10. The standard InChI is InChI=1S/C13H23N3O2S.C12H21N3O2S.2CH4.2ClH.3HI.V/c1-13(2,3)19-12-14-8-9(15-12)7-10(11(17)18)16(4,5)6;1-12(2,3)18-11-13-7-8(14-11)6-9(10(16)17)15(4)5;;;;;;;;/h8,10H,7H2,1-6H3,(H-,14,15,17,18);7,9H,6H2,1-5H3,(H,13,14)(H,16,17);2*1H4;5*1H;/q;;;;;;;;;+3/p-3/t10-;9-;;;;;;;;/m00......../s1. The van der Waals surface area contributed by atoms with Crippen molar-refractivity contribution < 1.29 is 63.9 Å². The summed E-state index contributed by atoms with van der Waals surface area (Å²) in [4.78, 5) is 36.8. The molecule has 0 radical (unpaired) electrons. The fraction of sp³-hybridized carbons (Fsp3) is 0.704. The summed E-state index contributed by atoms with van der Waals surface area (Å²) < 4.78 is 0.518. The molecule has 0 unspecified atom stereocenters. The van der Waals surface area contributed by atoms with Gasteiger partial charge in [-0.3, -0.25) is 0 Å². The number of carbonyl (C=O) groups is 2. The van der Waals surface area contributed by atoms with E-state index in [0.29, 0.717) is 17.3 Å². The molecule has 5 N–H and O–H groups in total. The molecule has 0 aliphatic carbocycles. The molecule has 0 spiro atoms. The van der Waals surface area contributed by atoms with Crippen molar-refractivity contribution in [1.29, 1.82) is 0 Å².